The van der Waals surface area contributed by atoms with Gasteiger partial charge in [-0.1, -0.05) is 29.9 Å². The molecular formula is C13H15ClN2O2S. The highest BCUT2D eigenvalue weighted by Gasteiger charge is 2.52. The SMILES string of the molecule is COc1cccc(Cl)c1CNC(=O)C1(C(N)=S)CC1. The summed E-state index contributed by atoms with van der Waals surface area (Å²) in [5.74, 6) is 0.509. The lowest BCUT2D eigenvalue weighted by Gasteiger charge is -2.15. The van der Waals surface area contributed by atoms with Crippen LogP contribution in [0, 0.1) is 5.41 Å². The smallest absolute Gasteiger partial charge is 0.233 e. The molecule has 0 saturated heterocycles. The molecule has 1 aliphatic rings. The molecule has 0 heterocycles. The van der Waals surface area contributed by atoms with E-state index in [4.69, 9.17) is 34.3 Å². The fraction of sp³-hybridized carbons (Fsp3) is 0.385. The van der Waals surface area contributed by atoms with Gasteiger partial charge in [-0.15, -0.1) is 0 Å². The number of rotatable bonds is 5. The van der Waals surface area contributed by atoms with E-state index in [9.17, 15) is 4.79 Å². The van der Waals surface area contributed by atoms with Crippen LogP contribution in [0.2, 0.25) is 5.02 Å². The Hall–Kier alpha value is -1.33. The number of thiocarbonyl (C=S) groups is 1. The third kappa shape index (κ3) is 2.67. The van der Waals surface area contributed by atoms with E-state index in [0.717, 1.165) is 5.56 Å². The minimum absolute atomic E-state index is 0.137. The van der Waals surface area contributed by atoms with E-state index in [1.54, 1.807) is 25.3 Å². The highest BCUT2D eigenvalue weighted by Crippen LogP contribution is 2.46. The molecular weight excluding hydrogens is 284 g/mol. The molecule has 4 nitrogen and oxygen atoms in total. The lowest BCUT2D eigenvalue weighted by atomic mass is 10.1. The van der Waals surface area contributed by atoms with Gasteiger partial charge < -0.3 is 15.8 Å². The summed E-state index contributed by atoms with van der Waals surface area (Å²) in [5.41, 5.74) is 5.71. The van der Waals surface area contributed by atoms with Crippen LogP contribution in [-0.4, -0.2) is 18.0 Å². The first-order valence-corrected chi connectivity index (χ1v) is 6.69. The van der Waals surface area contributed by atoms with Crippen LogP contribution < -0.4 is 15.8 Å². The molecule has 1 aromatic rings. The zero-order chi connectivity index (χ0) is 14.0. The number of ether oxygens (including phenoxy) is 1. The number of hydrogen-bond donors (Lipinski definition) is 2. The number of nitrogens with one attached hydrogen (secondary N) is 1. The fourth-order valence-corrected chi connectivity index (χ4v) is 2.48. The quantitative estimate of drug-likeness (QED) is 0.817. The molecule has 19 heavy (non-hydrogen) atoms. The normalized spacial score (nSPS) is 15.7. The van der Waals surface area contributed by atoms with E-state index in [2.05, 4.69) is 5.32 Å². The molecule has 1 aromatic carbocycles. The Balaban J connectivity index is 2.08. The molecule has 3 N–H and O–H groups in total. The second-order valence-electron chi connectivity index (χ2n) is 4.55. The van der Waals surface area contributed by atoms with E-state index in [1.165, 1.54) is 0 Å². The molecule has 1 aliphatic carbocycles. The van der Waals surface area contributed by atoms with Crippen molar-refractivity contribution < 1.29 is 9.53 Å². The van der Waals surface area contributed by atoms with Gasteiger partial charge in [-0.3, -0.25) is 4.79 Å². The Kier molecular flexibility index (Phi) is 3.96. The van der Waals surface area contributed by atoms with Crippen molar-refractivity contribution in [1.29, 1.82) is 0 Å². The minimum atomic E-state index is -0.649. The Labute approximate surface area is 122 Å². The van der Waals surface area contributed by atoms with Gasteiger partial charge in [-0.2, -0.15) is 0 Å². The van der Waals surface area contributed by atoms with Gasteiger partial charge in [-0.05, 0) is 25.0 Å². The van der Waals surface area contributed by atoms with Gasteiger partial charge in [0, 0.05) is 17.1 Å². The second-order valence-corrected chi connectivity index (χ2v) is 5.40. The molecule has 6 heteroatoms. The van der Waals surface area contributed by atoms with E-state index in [1.807, 2.05) is 0 Å². The first-order chi connectivity index (χ1) is 9.01. The lowest BCUT2D eigenvalue weighted by molar-refractivity contribution is -0.124. The zero-order valence-corrected chi connectivity index (χ0v) is 12.1. The first kappa shape index (κ1) is 14.1. The topological polar surface area (TPSA) is 64.3 Å². The average Bonchev–Trinajstić information content (AvgIpc) is 3.18. The van der Waals surface area contributed by atoms with Crippen LogP contribution >= 0.6 is 23.8 Å². The Morgan fingerprint density at radius 2 is 2.26 bits per heavy atom. The first-order valence-electron chi connectivity index (χ1n) is 5.91. The molecule has 102 valence electrons. The van der Waals surface area contributed by atoms with E-state index < -0.39 is 5.41 Å². The fourth-order valence-electron chi connectivity index (χ4n) is 1.95. The van der Waals surface area contributed by atoms with Crippen LogP contribution in [0.5, 0.6) is 5.75 Å². The molecule has 0 bridgehead atoms. The maximum Gasteiger partial charge on any atom is 0.233 e. The van der Waals surface area contributed by atoms with Crippen molar-refractivity contribution >= 4 is 34.7 Å². The molecule has 1 saturated carbocycles. The number of amides is 1. The van der Waals surface area contributed by atoms with E-state index >= 15 is 0 Å². The van der Waals surface area contributed by atoms with Crippen LogP contribution in [0.3, 0.4) is 0 Å². The monoisotopic (exact) mass is 298 g/mol. The maximum atomic E-state index is 12.1. The number of nitrogens with two attached hydrogens (primary N) is 1. The highest BCUT2D eigenvalue weighted by atomic mass is 35.5. The predicted octanol–water partition coefficient (Wildman–Crippen LogP) is 2.03. The van der Waals surface area contributed by atoms with Crippen molar-refractivity contribution in [1.82, 2.24) is 5.32 Å². The largest absolute Gasteiger partial charge is 0.496 e. The van der Waals surface area contributed by atoms with Crippen molar-refractivity contribution in [2.24, 2.45) is 11.1 Å². The molecule has 1 fully saturated rings. The van der Waals surface area contributed by atoms with Crippen molar-refractivity contribution in [3.63, 3.8) is 0 Å². The number of methoxy groups -OCH3 is 1. The molecule has 0 atom stereocenters. The van der Waals surface area contributed by atoms with Gasteiger partial charge in [0.15, 0.2) is 0 Å². The molecule has 0 aliphatic heterocycles. The predicted molar refractivity (Wildman–Crippen MR) is 78.3 cm³/mol. The Morgan fingerprint density at radius 3 is 2.79 bits per heavy atom. The zero-order valence-electron chi connectivity index (χ0n) is 10.5. The van der Waals surface area contributed by atoms with Gasteiger partial charge in [-0.25, -0.2) is 0 Å². The van der Waals surface area contributed by atoms with Gasteiger partial charge >= 0.3 is 0 Å². The number of carbonyl (C=O) groups is 1. The Morgan fingerprint density at radius 1 is 1.58 bits per heavy atom. The average molecular weight is 299 g/mol. The standard InChI is InChI=1S/C13H15ClN2O2S/c1-18-10-4-2-3-9(14)8(10)7-16-12(17)13(5-6-13)11(15)19/h2-4H,5-7H2,1H3,(H2,15,19)(H,16,17). The molecule has 1 amide bonds. The lowest BCUT2D eigenvalue weighted by Crippen LogP contribution is -2.39. The van der Waals surface area contributed by atoms with Gasteiger partial charge in [0.2, 0.25) is 5.91 Å². The van der Waals surface area contributed by atoms with Crippen LogP contribution in [0.25, 0.3) is 0 Å². The van der Waals surface area contributed by atoms with Crippen molar-refractivity contribution in [2.75, 3.05) is 7.11 Å². The summed E-state index contributed by atoms with van der Waals surface area (Å²) in [7, 11) is 1.56. The summed E-state index contributed by atoms with van der Waals surface area (Å²) in [6.07, 6.45) is 1.43. The summed E-state index contributed by atoms with van der Waals surface area (Å²) in [6.45, 7) is 0.298. The molecule has 0 radical (unpaired) electrons. The number of hydrogen-bond acceptors (Lipinski definition) is 3. The summed E-state index contributed by atoms with van der Waals surface area (Å²) in [6, 6.07) is 5.35. The molecule has 2 rings (SSSR count). The van der Waals surface area contributed by atoms with Crippen LogP contribution in [0.15, 0.2) is 18.2 Å². The van der Waals surface area contributed by atoms with Crippen molar-refractivity contribution in [3.05, 3.63) is 28.8 Å². The highest BCUT2D eigenvalue weighted by molar-refractivity contribution is 7.80. The third-order valence-corrected chi connectivity index (χ3v) is 4.12. The maximum absolute atomic E-state index is 12.1. The summed E-state index contributed by atoms with van der Waals surface area (Å²) >= 11 is 11.0. The van der Waals surface area contributed by atoms with Crippen molar-refractivity contribution in [2.45, 2.75) is 19.4 Å². The molecule has 0 spiro atoms. The summed E-state index contributed by atoms with van der Waals surface area (Å²) in [4.78, 5) is 12.4. The van der Waals surface area contributed by atoms with Crippen LogP contribution in [0.4, 0.5) is 0 Å². The third-order valence-electron chi connectivity index (χ3n) is 3.38. The summed E-state index contributed by atoms with van der Waals surface area (Å²) in [5, 5.41) is 3.38. The number of benzene rings is 1. The number of carbonyl (C=O) groups excluding carboxylic acids is 1. The van der Waals surface area contributed by atoms with Gasteiger partial charge in [0.1, 0.15) is 5.75 Å². The molecule has 0 unspecified atom stereocenters. The van der Waals surface area contributed by atoms with E-state index in [0.29, 0.717) is 30.2 Å². The second kappa shape index (κ2) is 5.35. The number of halogens is 1. The van der Waals surface area contributed by atoms with Crippen LogP contribution in [-0.2, 0) is 11.3 Å². The summed E-state index contributed by atoms with van der Waals surface area (Å²) < 4.78 is 5.22. The molecule has 0 aromatic heterocycles. The minimum Gasteiger partial charge on any atom is -0.496 e. The van der Waals surface area contributed by atoms with E-state index in [-0.39, 0.29) is 10.9 Å². The van der Waals surface area contributed by atoms with Crippen molar-refractivity contribution in [3.8, 4) is 5.75 Å². The van der Waals surface area contributed by atoms with Gasteiger partial charge in [0.25, 0.3) is 0 Å². The van der Waals surface area contributed by atoms with Crippen LogP contribution in [0.1, 0.15) is 18.4 Å². The van der Waals surface area contributed by atoms with Gasteiger partial charge in [0.05, 0.1) is 17.5 Å². The Bertz CT molecular complexity index is 529.